The largest absolute Gasteiger partial charge is 0.507 e. The van der Waals surface area contributed by atoms with E-state index in [0.29, 0.717) is 41.3 Å². The molecule has 3 aromatic carbocycles. The molecule has 0 unspecified atom stereocenters. The van der Waals surface area contributed by atoms with Crippen molar-refractivity contribution in [2.24, 2.45) is 0 Å². The number of aryl methyl sites for hydroxylation is 1. The number of nitrogens with zero attached hydrogens (tertiary/aromatic N) is 2. The number of ketones is 1. The fraction of sp³-hybridized carbons (Fsp3) is 0.276. The molecule has 186 valence electrons. The van der Waals surface area contributed by atoms with Crippen molar-refractivity contribution < 1.29 is 19.4 Å². The van der Waals surface area contributed by atoms with Gasteiger partial charge in [-0.25, -0.2) is 0 Å². The van der Waals surface area contributed by atoms with Crippen LogP contribution < -0.4 is 14.4 Å². The number of rotatable bonds is 6. The number of allylic oxidation sites excluding steroid dienone is 1. The Morgan fingerprint density at radius 1 is 1.08 bits per heavy atom. The van der Waals surface area contributed by atoms with Crippen LogP contribution in [0.15, 0.2) is 60.4 Å². The minimum atomic E-state index is -0.180. The topological polar surface area (TPSA) is 62.2 Å². The molecule has 3 aromatic rings. The van der Waals surface area contributed by atoms with E-state index in [2.05, 4.69) is 15.9 Å². The van der Waals surface area contributed by atoms with Crippen molar-refractivity contribution in [3.05, 3.63) is 87.6 Å². The fourth-order valence-electron chi connectivity index (χ4n) is 4.82. The Kier molecular flexibility index (Phi) is 6.90. The molecule has 1 saturated heterocycles. The number of fused-ring (bicyclic) bond motifs is 1. The number of hydrogen-bond donors (Lipinski definition) is 1. The number of aromatic hydroxyl groups is 1. The molecule has 6 nitrogen and oxygen atoms in total. The highest BCUT2D eigenvalue weighted by Crippen LogP contribution is 2.42. The Morgan fingerprint density at radius 2 is 1.86 bits per heavy atom. The van der Waals surface area contributed by atoms with E-state index in [1.54, 1.807) is 12.1 Å². The first-order chi connectivity index (χ1) is 17.4. The fourth-order valence-corrected chi connectivity index (χ4v) is 5.01. The number of carbonyl (C=O) groups excluding carboxylic acids is 1. The molecular weight excluding hydrogens is 476 g/mol. The van der Waals surface area contributed by atoms with E-state index in [-0.39, 0.29) is 17.3 Å². The number of phenols is 1. The molecule has 36 heavy (non-hydrogen) atoms. The number of piperazine rings is 1. The van der Waals surface area contributed by atoms with Gasteiger partial charge in [-0.2, -0.15) is 0 Å². The Bertz CT molecular complexity index is 1330. The summed E-state index contributed by atoms with van der Waals surface area (Å²) >= 11 is 6.17. The number of para-hydroxylation sites is 1. The third-order valence-electron chi connectivity index (χ3n) is 6.65. The van der Waals surface area contributed by atoms with Crippen molar-refractivity contribution in [3.8, 4) is 17.2 Å². The summed E-state index contributed by atoms with van der Waals surface area (Å²) in [6, 6.07) is 17.1. The molecule has 0 atom stereocenters. The lowest BCUT2D eigenvalue weighted by molar-refractivity contribution is 0.101. The maximum Gasteiger partial charge on any atom is 0.232 e. The average molecular weight is 505 g/mol. The Labute approximate surface area is 216 Å². The van der Waals surface area contributed by atoms with E-state index >= 15 is 0 Å². The maximum atomic E-state index is 13.3. The van der Waals surface area contributed by atoms with E-state index in [1.165, 1.54) is 0 Å². The predicted octanol–water partition coefficient (Wildman–Crippen LogP) is 5.69. The van der Waals surface area contributed by atoms with Crippen LogP contribution in [0.4, 0.5) is 5.69 Å². The Hall–Kier alpha value is -3.48. The lowest BCUT2D eigenvalue weighted by atomic mass is 9.99. The van der Waals surface area contributed by atoms with Gasteiger partial charge in [0.1, 0.15) is 17.2 Å². The number of halogens is 1. The van der Waals surface area contributed by atoms with Crippen LogP contribution in [-0.2, 0) is 6.54 Å². The molecule has 0 radical (unpaired) electrons. The average Bonchev–Trinajstić information content (AvgIpc) is 3.19. The standard InChI is InChI=1S/C29H29ClN2O4/c1-3-35-25-10-5-4-7-20(25)16-26-28(34)27-19(2)15-24(33)23(29(27)36-26)18-31-11-13-32(14-12-31)22-9-6-8-21(30)17-22/h4-10,15-17,33H,3,11-14,18H2,1-2H3/b26-16-. The summed E-state index contributed by atoms with van der Waals surface area (Å²) < 4.78 is 11.8. The monoisotopic (exact) mass is 504 g/mol. The van der Waals surface area contributed by atoms with Crippen molar-refractivity contribution in [1.29, 1.82) is 0 Å². The van der Waals surface area contributed by atoms with Crippen LogP contribution in [0.5, 0.6) is 17.2 Å². The van der Waals surface area contributed by atoms with Crippen molar-refractivity contribution in [2.75, 3.05) is 37.7 Å². The molecule has 0 saturated carbocycles. The summed E-state index contributed by atoms with van der Waals surface area (Å²) in [6.07, 6.45) is 1.72. The van der Waals surface area contributed by atoms with Crippen LogP contribution in [0, 0.1) is 6.92 Å². The van der Waals surface area contributed by atoms with Gasteiger partial charge in [-0.3, -0.25) is 9.69 Å². The van der Waals surface area contributed by atoms with Crippen LogP contribution in [-0.4, -0.2) is 48.6 Å². The molecule has 7 heteroatoms. The summed E-state index contributed by atoms with van der Waals surface area (Å²) in [5.74, 6) is 1.35. The molecule has 0 aliphatic carbocycles. The molecule has 0 amide bonds. The lowest BCUT2D eigenvalue weighted by Gasteiger charge is -2.36. The van der Waals surface area contributed by atoms with Crippen LogP contribution in [0.2, 0.25) is 5.02 Å². The second kappa shape index (κ2) is 10.2. The smallest absolute Gasteiger partial charge is 0.232 e. The number of anilines is 1. The van der Waals surface area contributed by atoms with Gasteiger partial charge < -0.3 is 19.5 Å². The summed E-state index contributed by atoms with van der Waals surface area (Å²) in [6.45, 7) is 8.07. The highest BCUT2D eigenvalue weighted by Gasteiger charge is 2.34. The third kappa shape index (κ3) is 4.79. The number of hydrogen-bond acceptors (Lipinski definition) is 6. The van der Waals surface area contributed by atoms with Gasteiger partial charge in [0, 0.05) is 49.0 Å². The van der Waals surface area contributed by atoms with E-state index in [1.807, 2.05) is 56.3 Å². The molecule has 0 spiro atoms. The maximum absolute atomic E-state index is 13.3. The number of benzene rings is 3. The van der Waals surface area contributed by atoms with Gasteiger partial charge in [-0.1, -0.05) is 35.9 Å². The second-order valence-electron chi connectivity index (χ2n) is 9.05. The minimum Gasteiger partial charge on any atom is -0.507 e. The number of Topliss-reactive ketones (excluding diaryl/α,β-unsaturated/α-hetero) is 1. The summed E-state index contributed by atoms with van der Waals surface area (Å²) in [5.41, 5.74) is 3.74. The van der Waals surface area contributed by atoms with Crippen LogP contribution >= 0.6 is 11.6 Å². The number of ether oxygens (including phenoxy) is 2. The Balaban J connectivity index is 1.37. The quantitative estimate of drug-likeness (QED) is 0.435. The first-order valence-corrected chi connectivity index (χ1v) is 12.6. The van der Waals surface area contributed by atoms with E-state index in [0.717, 1.165) is 42.5 Å². The van der Waals surface area contributed by atoms with Gasteiger partial charge >= 0.3 is 0 Å². The zero-order chi connectivity index (χ0) is 25.2. The highest BCUT2D eigenvalue weighted by atomic mass is 35.5. The van der Waals surface area contributed by atoms with E-state index in [9.17, 15) is 9.90 Å². The molecule has 2 heterocycles. The molecule has 1 fully saturated rings. The number of carbonyl (C=O) groups is 1. The van der Waals surface area contributed by atoms with Crippen molar-refractivity contribution in [2.45, 2.75) is 20.4 Å². The van der Waals surface area contributed by atoms with Gasteiger partial charge in [0.05, 0.1) is 17.7 Å². The summed E-state index contributed by atoms with van der Waals surface area (Å²) in [5, 5.41) is 11.6. The first kappa shape index (κ1) is 24.2. The van der Waals surface area contributed by atoms with Gasteiger partial charge in [0.15, 0.2) is 5.76 Å². The van der Waals surface area contributed by atoms with Gasteiger partial charge in [-0.15, -0.1) is 0 Å². The second-order valence-corrected chi connectivity index (χ2v) is 9.49. The molecule has 0 aromatic heterocycles. The first-order valence-electron chi connectivity index (χ1n) is 12.2. The van der Waals surface area contributed by atoms with Gasteiger partial charge in [-0.05, 0) is 55.8 Å². The lowest BCUT2D eigenvalue weighted by Crippen LogP contribution is -2.46. The van der Waals surface area contributed by atoms with Crippen LogP contribution in [0.1, 0.15) is 34.0 Å². The zero-order valence-corrected chi connectivity index (χ0v) is 21.2. The molecule has 5 rings (SSSR count). The molecule has 2 aliphatic heterocycles. The number of phenolic OH excluding ortho intramolecular Hbond substituents is 1. The molecule has 0 bridgehead atoms. The van der Waals surface area contributed by atoms with Gasteiger partial charge in [0.2, 0.25) is 5.78 Å². The molecule has 1 N–H and O–H groups in total. The van der Waals surface area contributed by atoms with E-state index < -0.39 is 0 Å². The Morgan fingerprint density at radius 3 is 2.61 bits per heavy atom. The van der Waals surface area contributed by atoms with Crippen LogP contribution in [0.3, 0.4) is 0 Å². The molecular formula is C29H29ClN2O4. The van der Waals surface area contributed by atoms with Crippen molar-refractivity contribution in [1.82, 2.24) is 4.90 Å². The third-order valence-corrected chi connectivity index (χ3v) is 6.89. The van der Waals surface area contributed by atoms with Crippen LogP contribution in [0.25, 0.3) is 6.08 Å². The van der Waals surface area contributed by atoms with Crippen molar-refractivity contribution in [3.63, 3.8) is 0 Å². The zero-order valence-electron chi connectivity index (χ0n) is 20.5. The summed E-state index contributed by atoms with van der Waals surface area (Å²) in [7, 11) is 0. The minimum absolute atomic E-state index is 0.146. The van der Waals surface area contributed by atoms with E-state index in [4.69, 9.17) is 21.1 Å². The normalized spacial score (nSPS) is 16.8. The predicted molar refractivity (Wildman–Crippen MR) is 142 cm³/mol. The summed E-state index contributed by atoms with van der Waals surface area (Å²) in [4.78, 5) is 17.9. The van der Waals surface area contributed by atoms with Gasteiger partial charge in [0.25, 0.3) is 0 Å². The van der Waals surface area contributed by atoms with Crippen molar-refractivity contribution >= 4 is 29.1 Å². The molecule has 2 aliphatic rings. The SMILES string of the molecule is CCOc1ccccc1/C=C1\Oc2c(CN3CCN(c4cccc(Cl)c4)CC3)c(O)cc(C)c2C1=O. The highest BCUT2D eigenvalue weighted by molar-refractivity contribution is 6.30.